The minimum absolute atomic E-state index is 0.594. The van der Waals surface area contributed by atoms with Gasteiger partial charge in [-0.05, 0) is 48.8 Å². The normalized spacial score (nSPS) is 14.9. The van der Waals surface area contributed by atoms with Crippen LogP contribution in [0.15, 0.2) is 23.6 Å². The molecule has 0 aromatic carbocycles. The van der Waals surface area contributed by atoms with Crippen LogP contribution in [-0.2, 0) is 12.8 Å². The van der Waals surface area contributed by atoms with Gasteiger partial charge in [-0.25, -0.2) is 0 Å². The number of aryl methyl sites for hydroxylation is 2. The first-order chi connectivity index (χ1) is 10.3. The zero-order chi connectivity index (χ0) is 14.2. The lowest BCUT2D eigenvalue weighted by atomic mass is 10.1. The van der Waals surface area contributed by atoms with Crippen molar-refractivity contribution in [3.05, 3.63) is 34.0 Å². The summed E-state index contributed by atoms with van der Waals surface area (Å²) in [4.78, 5) is 4.00. The number of H-pyrrole nitrogens is 1. The molecule has 3 nitrogen and oxygen atoms in total. The number of aromatic nitrogens is 2. The van der Waals surface area contributed by atoms with E-state index in [9.17, 15) is 0 Å². The average molecular weight is 315 g/mol. The van der Waals surface area contributed by atoms with Crippen LogP contribution in [0.25, 0.3) is 21.0 Å². The van der Waals surface area contributed by atoms with Crippen molar-refractivity contribution in [3.8, 4) is 21.0 Å². The molecule has 3 heterocycles. The molecular formula is C16H17N3S2. The molecule has 0 bridgehead atoms. The summed E-state index contributed by atoms with van der Waals surface area (Å²) in [5, 5.41) is 9.46. The second-order valence-electron chi connectivity index (χ2n) is 5.46. The third-order valence-corrected chi connectivity index (χ3v) is 6.20. The number of thiophene rings is 2. The van der Waals surface area contributed by atoms with Crippen LogP contribution in [-0.4, -0.2) is 10.2 Å². The van der Waals surface area contributed by atoms with Crippen LogP contribution in [0, 0.1) is 0 Å². The lowest BCUT2D eigenvalue weighted by Crippen LogP contribution is -1.86. The van der Waals surface area contributed by atoms with E-state index in [1.54, 1.807) is 16.2 Å². The van der Waals surface area contributed by atoms with Crippen LogP contribution in [0.5, 0.6) is 0 Å². The van der Waals surface area contributed by atoms with Crippen LogP contribution in [0.1, 0.15) is 29.7 Å². The molecule has 21 heavy (non-hydrogen) atoms. The molecule has 0 atom stereocenters. The van der Waals surface area contributed by atoms with Gasteiger partial charge in [0.1, 0.15) is 0 Å². The summed E-state index contributed by atoms with van der Waals surface area (Å²) in [5.74, 6) is 0.594. The van der Waals surface area contributed by atoms with Gasteiger partial charge in [0, 0.05) is 9.75 Å². The predicted molar refractivity (Wildman–Crippen MR) is 90.9 cm³/mol. The standard InChI is InChI=1S/C16H17N3S2/c17-16-14(12-7-4-8-20-12)15(18-19-16)13-9-10-5-2-1-3-6-11(10)21-13/h4,7-9H,1-3,5-6H2,(H3,17,18,19). The van der Waals surface area contributed by atoms with E-state index in [4.69, 9.17) is 5.73 Å². The van der Waals surface area contributed by atoms with Gasteiger partial charge < -0.3 is 5.73 Å². The van der Waals surface area contributed by atoms with Gasteiger partial charge in [0.05, 0.1) is 16.1 Å². The van der Waals surface area contributed by atoms with Crippen molar-refractivity contribution in [2.75, 3.05) is 5.73 Å². The van der Waals surface area contributed by atoms with Crippen molar-refractivity contribution in [2.45, 2.75) is 32.1 Å². The van der Waals surface area contributed by atoms with Crippen molar-refractivity contribution in [1.29, 1.82) is 0 Å². The van der Waals surface area contributed by atoms with Crippen LogP contribution >= 0.6 is 22.7 Å². The first-order valence-electron chi connectivity index (χ1n) is 7.32. The quantitative estimate of drug-likeness (QED) is 0.672. The third-order valence-electron chi connectivity index (χ3n) is 4.05. The Balaban J connectivity index is 1.81. The summed E-state index contributed by atoms with van der Waals surface area (Å²) in [6.45, 7) is 0. The number of aromatic amines is 1. The highest BCUT2D eigenvalue weighted by molar-refractivity contribution is 7.16. The molecule has 0 fully saturated rings. The topological polar surface area (TPSA) is 54.7 Å². The number of rotatable bonds is 2. The largest absolute Gasteiger partial charge is 0.382 e. The zero-order valence-corrected chi connectivity index (χ0v) is 13.3. The molecule has 3 aromatic rings. The second kappa shape index (κ2) is 5.31. The minimum Gasteiger partial charge on any atom is -0.382 e. The SMILES string of the molecule is Nc1n[nH]c(-c2cc3c(s2)CCCCC3)c1-c1cccs1. The van der Waals surface area contributed by atoms with E-state index in [2.05, 4.69) is 33.8 Å². The highest BCUT2D eigenvalue weighted by atomic mass is 32.1. The molecule has 0 radical (unpaired) electrons. The molecule has 3 aromatic heterocycles. The van der Waals surface area contributed by atoms with Gasteiger partial charge >= 0.3 is 0 Å². The molecule has 1 aliphatic carbocycles. The van der Waals surface area contributed by atoms with Gasteiger partial charge in [-0.3, -0.25) is 5.10 Å². The Morgan fingerprint density at radius 3 is 2.90 bits per heavy atom. The number of nitrogens with one attached hydrogen (secondary N) is 1. The van der Waals surface area contributed by atoms with E-state index >= 15 is 0 Å². The van der Waals surface area contributed by atoms with Crippen molar-refractivity contribution in [1.82, 2.24) is 10.2 Å². The summed E-state index contributed by atoms with van der Waals surface area (Å²) >= 11 is 3.61. The second-order valence-corrected chi connectivity index (χ2v) is 7.54. The molecule has 5 heteroatoms. The fourth-order valence-electron chi connectivity index (χ4n) is 3.00. The third kappa shape index (κ3) is 2.30. The maximum atomic E-state index is 6.09. The van der Waals surface area contributed by atoms with Gasteiger partial charge in [0.2, 0.25) is 0 Å². The summed E-state index contributed by atoms with van der Waals surface area (Å²) in [6, 6.07) is 6.50. The molecule has 3 N–H and O–H groups in total. The lowest BCUT2D eigenvalue weighted by Gasteiger charge is -1.99. The lowest BCUT2D eigenvalue weighted by molar-refractivity contribution is 0.713. The maximum absolute atomic E-state index is 6.09. The number of nitrogen functional groups attached to an aromatic ring is 1. The van der Waals surface area contributed by atoms with Crippen LogP contribution in [0.4, 0.5) is 5.82 Å². The zero-order valence-electron chi connectivity index (χ0n) is 11.7. The van der Waals surface area contributed by atoms with E-state index in [1.165, 1.54) is 47.4 Å². The summed E-state index contributed by atoms with van der Waals surface area (Å²) in [7, 11) is 0. The van der Waals surface area contributed by atoms with Gasteiger partial charge in [0.25, 0.3) is 0 Å². The van der Waals surface area contributed by atoms with Crippen LogP contribution in [0.2, 0.25) is 0 Å². The Bertz CT molecular complexity index is 729. The summed E-state index contributed by atoms with van der Waals surface area (Å²) < 4.78 is 0. The average Bonchev–Trinajstić information content (AvgIpc) is 3.17. The van der Waals surface area contributed by atoms with Crippen LogP contribution < -0.4 is 5.73 Å². The Kier molecular flexibility index (Phi) is 3.31. The van der Waals surface area contributed by atoms with E-state index in [0.29, 0.717) is 5.82 Å². The molecule has 0 amide bonds. The number of fused-ring (bicyclic) bond motifs is 1. The van der Waals surface area contributed by atoms with Crippen molar-refractivity contribution in [3.63, 3.8) is 0 Å². The van der Waals surface area contributed by atoms with E-state index < -0.39 is 0 Å². The maximum Gasteiger partial charge on any atom is 0.154 e. The predicted octanol–water partition coefficient (Wildman–Crippen LogP) is 4.72. The smallest absolute Gasteiger partial charge is 0.154 e. The highest BCUT2D eigenvalue weighted by Crippen LogP contribution is 2.41. The fourth-order valence-corrected chi connectivity index (χ4v) is 5.04. The molecule has 108 valence electrons. The first-order valence-corrected chi connectivity index (χ1v) is 9.02. The number of anilines is 1. The van der Waals surface area contributed by atoms with E-state index in [0.717, 1.165) is 11.3 Å². The Labute approximate surface area is 131 Å². The molecule has 0 spiro atoms. The van der Waals surface area contributed by atoms with Crippen molar-refractivity contribution < 1.29 is 0 Å². The number of nitrogens with zero attached hydrogens (tertiary/aromatic N) is 1. The first kappa shape index (κ1) is 13.1. The summed E-state index contributed by atoms with van der Waals surface area (Å²) in [5.41, 5.74) is 9.75. The molecule has 1 aliphatic rings. The van der Waals surface area contributed by atoms with E-state index in [1.807, 2.05) is 11.3 Å². The molecular weight excluding hydrogens is 298 g/mol. The van der Waals surface area contributed by atoms with Crippen molar-refractivity contribution >= 4 is 28.5 Å². The van der Waals surface area contributed by atoms with Gasteiger partial charge in [-0.1, -0.05) is 12.5 Å². The molecule has 4 rings (SSSR count). The van der Waals surface area contributed by atoms with Crippen LogP contribution in [0.3, 0.4) is 0 Å². The number of hydrogen-bond acceptors (Lipinski definition) is 4. The summed E-state index contributed by atoms with van der Waals surface area (Å²) in [6.07, 6.45) is 6.41. The number of hydrogen-bond donors (Lipinski definition) is 2. The highest BCUT2D eigenvalue weighted by Gasteiger charge is 2.19. The fraction of sp³-hybridized carbons (Fsp3) is 0.312. The Morgan fingerprint density at radius 2 is 2.05 bits per heavy atom. The van der Waals surface area contributed by atoms with Gasteiger partial charge in [-0.15, -0.1) is 22.7 Å². The molecule has 0 aliphatic heterocycles. The van der Waals surface area contributed by atoms with Gasteiger partial charge in [0.15, 0.2) is 5.82 Å². The molecule has 0 saturated carbocycles. The number of nitrogens with two attached hydrogens (primary N) is 1. The van der Waals surface area contributed by atoms with Gasteiger partial charge in [-0.2, -0.15) is 5.10 Å². The molecule has 0 unspecified atom stereocenters. The monoisotopic (exact) mass is 315 g/mol. The van der Waals surface area contributed by atoms with E-state index in [-0.39, 0.29) is 0 Å². The Hall–Kier alpha value is -1.59. The van der Waals surface area contributed by atoms with Crippen molar-refractivity contribution in [2.24, 2.45) is 0 Å². The molecule has 0 saturated heterocycles. The minimum atomic E-state index is 0.594. The Morgan fingerprint density at radius 1 is 1.14 bits per heavy atom.